The normalized spacial score (nSPS) is 11.4. The minimum atomic E-state index is -0.464. The smallest absolute Gasteiger partial charge is 0.337 e. The summed E-state index contributed by atoms with van der Waals surface area (Å²) in [6.45, 7) is -0.0898. The minimum Gasteiger partial charge on any atom is -0.497 e. The minimum absolute atomic E-state index is 0.0898. The topological polar surface area (TPSA) is 96.2 Å². The van der Waals surface area contributed by atoms with Gasteiger partial charge < -0.3 is 18.8 Å². The molecule has 3 aromatic rings. The van der Waals surface area contributed by atoms with Crippen LogP contribution >= 0.6 is 23.1 Å². The first-order chi connectivity index (χ1) is 15.9. The number of rotatable bonds is 9. The van der Waals surface area contributed by atoms with Crippen molar-refractivity contribution in [3.8, 4) is 5.75 Å². The summed E-state index contributed by atoms with van der Waals surface area (Å²) in [4.78, 5) is 42.0. The fraction of sp³-hybridized carbons (Fsp3) is 0.304. The Bertz CT molecular complexity index is 1210. The highest BCUT2D eigenvalue weighted by Gasteiger charge is 2.14. The van der Waals surface area contributed by atoms with Crippen molar-refractivity contribution in [2.75, 3.05) is 27.1 Å². The van der Waals surface area contributed by atoms with Crippen LogP contribution in [0.2, 0.25) is 0 Å². The number of fused-ring (bicyclic) bond motifs is 1. The highest BCUT2D eigenvalue weighted by atomic mass is 32.2. The molecule has 0 fully saturated rings. The van der Waals surface area contributed by atoms with Gasteiger partial charge in [-0.1, -0.05) is 11.3 Å². The van der Waals surface area contributed by atoms with Crippen LogP contribution in [0.25, 0.3) is 10.2 Å². The van der Waals surface area contributed by atoms with Crippen molar-refractivity contribution in [1.29, 1.82) is 0 Å². The van der Waals surface area contributed by atoms with Crippen molar-refractivity contribution in [2.24, 2.45) is 4.99 Å². The van der Waals surface area contributed by atoms with Crippen LogP contribution in [-0.4, -0.2) is 49.5 Å². The maximum absolute atomic E-state index is 12.5. The Kier molecular flexibility index (Phi) is 8.67. The number of thioether (sulfide) groups is 1. The molecule has 0 aliphatic heterocycles. The Morgan fingerprint density at radius 2 is 1.79 bits per heavy atom. The first-order valence-corrected chi connectivity index (χ1v) is 11.9. The van der Waals surface area contributed by atoms with Crippen molar-refractivity contribution >= 4 is 51.2 Å². The van der Waals surface area contributed by atoms with E-state index in [9.17, 15) is 14.4 Å². The molecule has 8 nitrogen and oxygen atoms in total. The number of nitrogens with zero attached hydrogens (tertiary/aromatic N) is 2. The molecule has 0 N–H and O–H groups in total. The van der Waals surface area contributed by atoms with E-state index in [1.54, 1.807) is 41.6 Å². The van der Waals surface area contributed by atoms with Gasteiger partial charge in [-0.15, -0.1) is 11.8 Å². The molecule has 0 aliphatic rings. The zero-order valence-electron chi connectivity index (χ0n) is 18.5. The number of carbonyl (C=O) groups is 3. The summed E-state index contributed by atoms with van der Waals surface area (Å²) in [5.74, 6) is 0.370. The maximum atomic E-state index is 12.5. The standard InChI is InChI=1S/C23H24N2O6S2/c1-29-16-7-9-17(10-8-16)32-12-4-5-20(26)24-23-25(14-21(27)30-2)18-11-6-15(22(28)31-3)13-19(18)33-23/h6-11,13H,4-5,12,14H2,1-3H3. The molecule has 0 saturated heterocycles. The van der Waals surface area contributed by atoms with Crippen LogP contribution in [0, 0.1) is 0 Å². The first-order valence-electron chi connectivity index (χ1n) is 10.1. The fourth-order valence-corrected chi connectivity index (χ4v) is 4.94. The molecule has 0 saturated carbocycles. The predicted molar refractivity (Wildman–Crippen MR) is 127 cm³/mol. The third-order valence-electron chi connectivity index (χ3n) is 4.70. The first kappa shape index (κ1) is 24.5. The average Bonchev–Trinajstić information content (AvgIpc) is 3.17. The lowest BCUT2D eigenvalue weighted by molar-refractivity contribution is -0.141. The van der Waals surface area contributed by atoms with E-state index < -0.39 is 11.9 Å². The van der Waals surface area contributed by atoms with E-state index in [0.29, 0.717) is 27.0 Å². The van der Waals surface area contributed by atoms with Gasteiger partial charge in [-0.05, 0) is 54.6 Å². The van der Waals surface area contributed by atoms with Gasteiger partial charge in [0, 0.05) is 11.3 Å². The number of thiazole rings is 1. The van der Waals surface area contributed by atoms with Crippen LogP contribution in [0.5, 0.6) is 5.75 Å². The average molecular weight is 489 g/mol. The number of hydrogen-bond donors (Lipinski definition) is 0. The van der Waals surface area contributed by atoms with Gasteiger partial charge in [0.05, 0.1) is 37.1 Å². The largest absolute Gasteiger partial charge is 0.497 e. The van der Waals surface area contributed by atoms with Crippen molar-refractivity contribution in [3.05, 3.63) is 52.8 Å². The Morgan fingerprint density at radius 3 is 2.45 bits per heavy atom. The summed E-state index contributed by atoms with van der Waals surface area (Å²) in [6.07, 6.45) is 0.941. The van der Waals surface area contributed by atoms with Crippen molar-refractivity contribution in [2.45, 2.75) is 24.3 Å². The van der Waals surface area contributed by atoms with Crippen LogP contribution < -0.4 is 9.54 Å². The van der Waals surface area contributed by atoms with Crippen molar-refractivity contribution in [1.82, 2.24) is 4.57 Å². The van der Waals surface area contributed by atoms with E-state index in [0.717, 1.165) is 16.4 Å². The lowest BCUT2D eigenvalue weighted by atomic mass is 10.2. The summed E-state index contributed by atoms with van der Waals surface area (Å²) in [7, 11) is 4.24. The Morgan fingerprint density at radius 1 is 1.03 bits per heavy atom. The van der Waals surface area contributed by atoms with Crippen LogP contribution in [0.15, 0.2) is 52.4 Å². The van der Waals surface area contributed by atoms with Crippen molar-refractivity contribution in [3.63, 3.8) is 0 Å². The van der Waals surface area contributed by atoms with E-state index in [4.69, 9.17) is 14.2 Å². The Hall–Kier alpha value is -3.11. The summed E-state index contributed by atoms with van der Waals surface area (Å²) < 4.78 is 17.0. The molecule has 10 heteroatoms. The maximum Gasteiger partial charge on any atom is 0.337 e. The Balaban J connectivity index is 1.74. The molecule has 1 aromatic heterocycles. The van der Waals surface area contributed by atoms with Crippen LogP contribution in [0.4, 0.5) is 0 Å². The monoisotopic (exact) mass is 488 g/mol. The summed E-state index contributed by atoms with van der Waals surface area (Å²) >= 11 is 2.88. The number of ether oxygens (including phenoxy) is 3. The highest BCUT2D eigenvalue weighted by Crippen LogP contribution is 2.23. The van der Waals surface area contributed by atoms with E-state index in [1.807, 2.05) is 24.3 Å². The molecular formula is C23H24N2O6S2. The third kappa shape index (κ3) is 6.45. The second-order valence-corrected chi connectivity index (χ2v) is 9.03. The molecule has 0 radical (unpaired) electrons. The lowest BCUT2D eigenvalue weighted by Gasteiger charge is -2.04. The van der Waals surface area contributed by atoms with Gasteiger partial charge in [0.1, 0.15) is 12.3 Å². The van der Waals surface area contributed by atoms with Gasteiger partial charge >= 0.3 is 11.9 Å². The number of aromatic nitrogens is 1. The van der Waals surface area contributed by atoms with Gasteiger partial charge in [-0.25, -0.2) is 4.79 Å². The molecule has 1 amide bonds. The molecule has 33 heavy (non-hydrogen) atoms. The molecule has 174 valence electrons. The van der Waals surface area contributed by atoms with Gasteiger partial charge in [-0.3, -0.25) is 9.59 Å². The quantitative estimate of drug-likeness (QED) is 0.258. The summed E-state index contributed by atoms with van der Waals surface area (Å²) in [5, 5.41) is 0. The molecule has 0 aliphatic carbocycles. The summed E-state index contributed by atoms with van der Waals surface area (Å²) in [6, 6.07) is 12.7. The molecule has 2 aromatic carbocycles. The summed E-state index contributed by atoms with van der Waals surface area (Å²) in [5.41, 5.74) is 1.06. The Labute approximate surface area is 199 Å². The number of benzene rings is 2. The molecular weight excluding hydrogens is 464 g/mol. The number of esters is 2. The SMILES string of the molecule is COC(=O)Cn1c(=NC(=O)CCCSc2ccc(OC)cc2)sc2cc(C(=O)OC)ccc21. The zero-order chi connectivity index (χ0) is 23.8. The number of hydrogen-bond acceptors (Lipinski definition) is 8. The predicted octanol–water partition coefficient (Wildman–Crippen LogP) is 3.67. The van der Waals surface area contributed by atoms with E-state index >= 15 is 0 Å². The molecule has 3 rings (SSSR count). The molecule has 0 spiro atoms. The fourth-order valence-electron chi connectivity index (χ4n) is 3.00. The van der Waals surface area contributed by atoms with Crippen molar-refractivity contribution < 1.29 is 28.6 Å². The number of amides is 1. The van der Waals surface area contributed by atoms with E-state index in [2.05, 4.69) is 4.99 Å². The van der Waals surface area contributed by atoms with Gasteiger partial charge in [0.15, 0.2) is 4.80 Å². The highest BCUT2D eigenvalue weighted by molar-refractivity contribution is 7.99. The van der Waals surface area contributed by atoms with E-state index in [-0.39, 0.29) is 18.9 Å². The van der Waals surface area contributed by atoms with E-state index in [1.165, 1.54) is 25.6 Å². The van der Waals surface area contributed by atoms with Gasteiger partial charge in [0.2, 0.25) is 5.91 Å². The zero-order valence-corrected chi connectivity index (χ0v) is 20.2. The third-order valence-corrected chi connectivity index (χ3v) is 6.84. The van der Waals surface area contributed by atoms with Crippen LogP contribution in [-0.2, 0) is 25.6 Å². The molecule has 0 unspecified atom stereocenters. The molecule has 0 bridgehead atoms. The lowest BCUT2D eigenvalue weighted by Crippen LogP contribution is -2.22. The van der Waals surface area contributed by atoms with Gasteiger partial charge in [-0.2, -0.15) is 4.99 Å². The second-order valence-electron chi connectivity index (χ2n) is 6.85. The van der Waals surface area contributed by atoms with Crippen LogP contribution in [0.1, 0.15) is 23.2 Å². The van der Waals surface area contributed by atoms with Crippen LogP contribution in [0.3, 0.4) is 0 Å². The van der Waals surface area contributed by atoms with Gasteiger partial charge in [0.25, 0.3) is 0 Å². The molecule has 1 heterocycles. The molecule has 0 atom stereocenters. The number of methoxy groups -OCH3 is 3. The second kappa shape index (κ2) is 11.7. The number of carbonyl (C=O) groups excluding carboxylic acids is 3.